The molecule has 0 unspecified atom stereocenters. The first kappa shape index (κ1) is 12.7. The topological polar surface area (TPSA) is 50.4 Å². The third-order valence-corrected chi connectivity index (χ3v) is 4.48. The van der Waals surface area contributed by atoms with Crippen LogP contribution in [0.4, 0.5) is 0 Å². The molecule has 0 heterocycles. The SMILES string of the molecule is NNC(=NC1CCCCC1)C1Cc2ccccc2C1. The van der Waals surface area contributed by atoms with Crippen molar-refractivity contribution in [2.45, 2.75) is 51.0 Å². The number of nitrogens with zero attached hydrogens (tertiary/aromatic N) is 1. The number of fused-ring (bicyclic) bond motifs is 1. The summed E-state index contributed by atoms with van der Waals surface area (Å²) in [5, 5.41) is 0. The van der Waals surface area contributed by atoms with Crippen LogP contribution in [0.3, 0.4) is 0 Å². The number of hydrogen-bond acceptors (Lipinski definition) is 2. The molecule has 3 nitrogen and oxygen atoms in total. The third kappa shape index (κ3) is 2.81. The molecule has 0 spiro atoms. The molecule has 3 rings (SSSR count). The van der Waals surface area contributed by atoms with Gasteiger partial charge in [0.1, 0.15) is 5.84 Å². The Kier molecular flexibility index (Phi) is 3.83. The predicted octanol–water partition coefficient (Wildman–Crippen LogP) is 2.60. The van der Waals surface area contributed by atoms with Gasteiger partial charge < -0.3 is 5.43 Å². The fourth-order valence-electron chi connectivity index (χ4n) is 3.42. The zero-order chi connectivity index (χ0) is 13.1. The molecule has 1 aromatic rings. The van der Waals surface area contributed by atoms with E-state index in [0.717, 1.165) is 18.7 Å². The van der Waals surface area contributed by atoms with E-state index in [2.05, 4.69) is 29.7 Å². The molecule has 0 aromatic heterocycles. The molecule has 3 N–H and O–H groups in total. The molecule has 2 aliphatic rings. The monoisotopic (exact) mass is 257 g/mol. The molecule has 0 saturated heterocycles. The molecule has 1 fully saturated rings. The molecule has 0 bridgehead atoms. The Morgan fingerprint density at radius 2 is 1.68 bits per heavy atom. The number of rotatable bonds is 2. The molecule has 2 aliphatic carbocycles. The van der Waals surface area contributed by atoms with Gasteiger partial charge in [-0.3, -0.25) is 4.99 Å². The number of amidine groups is 1. The van der Waals surface area contributed by atoms with Crippen molar-refractivity contribution in [3.8, 4) is 0 Å². The highest BCUT2D eigenvalue weighted by molar-refractivity contribution is 5.85. The van der Waals surface area contributed by atoms with Crippen LogP contribution >= 0.6 is 0 Å². The summed E-state index contributed by atoms with van der Waals surface area (Å²) in [6.07, 6.45) is 8.60. The fourth-order valence-corrected chi connectivity index (χ4v) is 3.42. The van der Waals surface area contributed by atoms with Crippen molar-refractivity contribution in [2.75, 3.05) is 0 Å². The minimum absolute atomic E-state index is 0.448. The Hall–Kier alpha value is -1.35. The van der Waals surface area contributed by atoms with E-state index < -0.39 is 0 Å². The zero-order valence-corrected chi connectivity index (χ0v) is 11.4. The standard InChI is InChI=1S/C16H23N3/c17-19-16(18-15-8-2-1-3-9-15)14-10-12-6-4-5-7-13(12)11-14/h4-7,14-15H,1-3,8-11,17H2,(H,18,19). The summed E-state index contributed by atoms with van der Waals surface area (Å²) >= 11 is 0. The lowest BCUT2D eigenvalue weighted by molar-refractivity contribution is 0.439. The Morgan fingerprint density at radius 3 is 2.26 bits per heavy atom. The number of hydrazine groups is 1. The van der Waals surface area contributed by atoms with Crippen molar-refractivity contribution in [2.24, 2.45) is 16.8 Å². The maximum absolute atomic E-state index is 5.72. The lowest BCUT2D eigenvalue weighted by atomic mass is 9.95. The summed E-state index contributed by atoms with van der Waals surface area (Å²) < 4.78 is 0. The van der Waals surface area contributed by atoms with Crippen LogP contribution < -0.4 is 11.3 Å². The zero-order valence-electron chi connectivity index (χ0n) is 11.4. The Balaban J connectivity index is 1.72. The molecule has 0 atom stereocenters. The summed E-state index contributed by atoms with van der Waals surface area (Å²) in [4.78, 5) is 4.90. The Morgan fingerprint density at radius 1 is 1.05 bits per heavy atom. The first-order chi connectivity index (χ1) is 9.36. The van der Waals surface area contributed by atoms with Crippen molar-refractivity contribution in [3.63, 3.8) is 0 Å². The van der Waals surface area contributed by atoms with Crippen molar-refractivity contribution < 1.29 is 0 Å². The van der Waals surface area contributed by atoms with Gasteiger partial charge in [0.25, 0.3) is 0 Å². The molecule has 1 aromatic carbocycles. The van der Waals surface area contributed by atoms with Crippen LogP contribution in [0.5, 0.6) is 0 Å². The lowest BCUT2D eigenvalue weighted by Gasteiger charge is -2.21. The van der Waals surface area contributed by atoms with E-state index in [1.54, 1.807) is 0 Å². The average Bonchev–Trinajstić information content (AvgIpc) is 2.89. The predicted molar refractivity (Wildman–Crippen MR) is 79.0 cm³/mol. The summed E-state index contributed by atoms with van der Waals surface area (Å²) in [7, 11) is 0. The molecule has 102 valence electrons. The maximum Gasteiger partial charge on any atom is 0.114 e. The van der Waals surface area contributed by atoms with Gasteiger partial charge in [0.2, 0.25) is 0 Å². The van der Waals surface area contributed by atoms with Gasteiger partial charge in [0, 0.05) is 5.92 Å². The quantitative estimate of drug-likeness (QED) is 0.370. The van der Waals surface area contributed by atoms with E-state index in [4.69, 9.17) is 10.8 Å². The molecule has 0 aliphatic heterocycles. The highest BCUT2D eigenvalue weighted by Gasteiger charge is 2.26. The summed E-state index contributed by atoms with van der Waals surface area (Å²) in [5.41, 5.74) is 5.79. The van der Waals surface area contributed by atoms with E-state index in [9.17, 15) is 0 Å². The Bertz CT molecular complexity index is 436. The molecular formula is C16H23N3. The van der Waals surface area contributed by atoms with Crippen LogP contribution in [-0.2, 0) is 12.8 Å². The second kappa shape index (κ2) is 5.74. The van der Waals surface area contributed by atoms with Crippen LogP contribution in [0.2, 0.25) is 0 Å². The molecule has 0 amide bonds. The number of hydrogen-bond donors (Lipinski definition) is 2. The number of benzene rings is 1. The van der Waals surface area contributed by atoms with Gasteiger partial charge in [-0.25, -0.2) is 5.84 Å². The van der Waals surface area contributed by atoms with Gasteiger partial charge in [0.05, 0.1) is 6.04 Å². The third-order valence-electron chi connectivity index (χ3n) is 4.48. The molecule has 0 radical (unpaired) electrons. The largest absolute Gasteiger partial charge is 0.312 e. The summed E-state index contributed by atoms with van der Waals surface area (Å²) in [5.74, 6) is 7.19. The molecule has 3 heteroatoms. The molecule has 19 heavy (non-hydrogen) atoms. The minimum Gasteiger partial charge on any atom is -0.312 e. The second-order valence-electron chi connectivity index (χ2n) is 5.82. The normalized spacial score (nSPS) is 21.4. The summed E-state index contributed by atoms with van der Waals surface area (Å²) in [6.45, 7) is 0. The van der Waals surface area contributed by atoms with E-state index in [0.29, 0.717) is 12.0 Å². The lowest BCUT2D eigenvalue weighted by Crippen LogP contribution is -2.38. The van der Waals surface area contributed by atoms with Gasteiger partial charge >= 0.3 is 0 Å². The van der Waals surface area contributed by atoms with E-state index >= 15 is 0 Å². The second-order valence-corrected chi connectivity index (χ2v) is 5.82. The van der Waals surface area contributed by atoms with Crippen molar-refractivity contribution in [3.05, 3.63) is 35.4 Å². The van der Waals surface area contributed by atoms with Crippen LogP contribution in [-0.4, -0.2) is 11.9 Å². The fraction of sp³-hybridized carbons (Fsp3) is 0.562. The Labute approximate surface area is 115 Å². The van der Waals surface area contributed by atoms with Crippen molar-refractivity contribution in [1.82, 2.24) is 5.43 Å². The number of nitrogens with two attached hydrogens (primary N) is 1. The van der Waals surface area contributed by atoms with Crippen LogP contribution in [0.1, 0.15) is 43.2 Å². The van der Waals surface area contributed by atoms with Crippen LogP contribution in [0.15, 0.2) is 29.3 Å². The van der Waals surface area contributed by atoms with E-state index in [1.165, 1.54) is 43.2 Å². The first-order valence-corrected chi connectivity index (χ1v) is 7.48. The molecular weight excluding hydrogens is 234 g/mol. The number of nitrogens with one attached hydrogen (secondary N) is 1. The van der Waals surface area contributed by atoms with Crippen molar-refractivity contribution >= 4 is 5.84 Å². The van der Waals surface area contributed by atoms with Crippen molar-refractivity contribution in [1.29, 1.82) is 0 Å². The number of aliphatic imine (C=N–C) groups is 1. The van der Waals surface area contributed by atoms with E-state index in [1.807, 2.05) is 0 Å². The van der Waals surface area contributed by atoms with Gasteiger partial charge in [-0.05, 0) is 36.8 Å². The van der Waals surface area contributed by atoms with Crippen LogP contribution in [0.25, 0.3) is 0 Å². The smallest absolute Gasteiger partial charge is 0.114 e. The molecule has 1 saturated carbocycles. The van der Waals surface area contributed by atoms with Crippen LogP contribution in [0, 0.1) is 5.92 Å². The van der Waals surface area contributed by atoms with Gasteiger partial charge in [-0.2, -0.15) is 0 Å². The summed E-state index contributed by atoms with van der Waals surface area (Å²) in [6, 6.07) is 9.18. The van der Waals surface area contributed by atoms with Gasteiger partial charge in [0.15, 0.2) is 0 Å². The van der Waals surface area contributed by atoms with Gasteiger partial charge in [-0.15, -0.1) is 0 Å². The first-order valence-electron chi connectivity index (χ1n) is 7.48. The maximum atomic E-state index is 5.72. The average molecular weight is 257 g/mol. The minimum atomic E-state index is 0.448. The van der Waals surface area contributed by atoms with Gasteiger partial charge in [-0.1, -0.05) is 43.5 Å². The highest BCUT2D eigenvalue weighted by Crippen LogP contribution is 2.28. The van der Waals surface area contributed by atoms with E-state index in [-0.39, 0.29) is 0 Å². The highest BCUT2D eigenvalue weighted by atomic mass is 15.3.